The maximum absolute atomic E-state index is 12.6. The standard InChI is InChI=1S/C19H25NO6/c1-19(2,3)26-17(22)15-14(16(21)24-4)10-11-20(15)18(23)25-12-13-8-6-5-7-9-13/h5-9,14-15H,10-12H2,1-4H3/t14-,15+/m1/s1. The topological polar surface area (TPSA) is 82.1 Å². The van der Waals surface area contributed by atoms with Gasteiger partial charge in [-0.1, -0.05) is 30.3 Å². The van der Waals surface area contributed by atoms with Gasteiger partial charge in [0.2, 0.25) is 0 Å². The minimum absolute atomic E-state index is 0.0834. The van der Waals surface area contributed by atoms with Crippen LogP contribution >= 0.6 is 0 Å². The van der Waals surface area contributed by atoms with Crippen molar-refractivity contribution in [1.82, 2.24) is 4.90 Å². The second kappa shape index (κ2) is 8.21. The van der Waals surface area contributed by atoms with Crippen molar-refractivity contribution in [2.45, 2.75) is 45.4 Å². The molecule has 1 fully saturated rings. The minimum Gasteiger partial charge on any atom is -0.469 e. The summed E-state index contributed by atoms with van der Waals surface area (Å²) in [5.74, 6) is -1.94. The Morgan fingerprint density at radius 3 is 2.35 bits per heavy atom. The number of benzene rings is 1. The van der Waals surface area contributed by atoms with Crippen molar-refractivity contribution in [2.24, 2.45) is 5.92 Å². The van der Waals surface area contributed by atoms with E-state index in [-0.39, 0.29) is 13.2 Å². The van der Waals surface area contributed by atoms with E-state index in [1.54, 1.807) is 20.8 Å². The number of hydrogen-bond acceptors (Lipinski definition) is 6. The van der Waals surface area contributed by atoms with Crippen molar-refractivity contribution in [3.63, 3.8) is 0 Å². The van der Waals surface area contributed by atoms with Gasteiger partial charge < -0.3 is 14.2 Å². The molecular weight excluding hydrogens is 338 g/mol. The zero-order valence-corrected chi connectivity index (χ0v) is 15.6. The fourth-order valence-corrected chi connectivity index (χ4v) is 2.85. The van der Waals surface area contributed by atoms with E-state index >= 15 is 0 Å². The van der Waals surface area contributed by atoms with Crippen LogP contribution in [0.5, 0.6) is 0 Å². The summed E-state index contributed by atoms with van der Waals surface area (Å²) in [6.45, 7) is 5.48. The Labute approximate surface area is 153 Å². The molecule has 1 aliphatic rings. The Balaban J connectivity index is 2.12. The number of esters is 2. The van der Waals surface area contributed by atoms with Crippen LogP contribution in [0.15, 0.2) is 30.3 Å². The summed E-state index contributed by atoms with van der Waals surface area (Å²) in [7, 11) is 1.25. The molecule has 1 heterocycles. The summed E-state index contributed by atoms with van der Waals surface area (Å²) in [6.07, 6.45) is -0.340. The van der Waals surface area contributed by atoms with Crippen molar-refractivity contribution in [3.05, 3.63) is 35.9 Å². The molecule has 1 amide bonds. The molecule has 26 heavy (non-hydrogen) atoms. The molecule has 0 unspecified atom stereocenters. The molecule has 1 saturated heterocycles. The van der Waals surface area contributed by atoms with E-state index < -0.39 is 35.6 Å². The predicted molar refractivity (Wildman–Crippen MR) is 93.1 cm³/mol. The Bertz CT molecular complexity index is 652. The molecule has 1 aliphatic heterocycles. The van der Waals surface area contributed by atoms with Gasteiger partial charge in [0, 0.05) is 6.54 Å². The van der Waals surface area contributed by atoms with Crippen LogP contribution in [-0.2, 0) is 30.4 Å². The normalized spacial score (nSPS) is 19.8. The average Bonchev–Trinajstić information content (AvgIpc) is 3.03. The third-order valence-corrected chi connectivity index (χ3v) is 3.99. The molecule has 2 rings (SSSR count). The van der Waals surface area contributed by atoms with Gasteiger partial charge in [-0.25, -0.2) is 9.59 Å². The fourth-order valence-electron chi connectivity index (χ4n) is 2.85. The molecule has 0 radical (unpaired) electrons. The summed E-state index contributed by atoms with van der Waals surface area (Å²) >= 11 is 0. The highest BCUT2D eigenvalue weighted by Gasteiger charge is 2.48. The average molecular weight is 363 g/mol. The summed E-state index contributed by atoms with van der Waals surface area (Å²) in [5, 5.41) is 0. The largest absolute Gasteiger partial charge is 0.469 e. The van der Waals surface area contributed by atoms with Crippen molar-refractivity contribution < 1.29 is 28.6 Å². The zero-order valence-electron chi connectivity index (χ0n) is 15.6. The van der Waals surface area contributed by atoms with Gasteiger partial charge in [0.15, 0.2) is 0 Å². The van der Waals surface area contributed by atoms with Gasteiger partial charge in [-0.2, -0.15) is 0 Å². The van der Waals surface area contributed by atoms with Crippen LogP contribution in [0.4, 0.5) is 4.79 Å². The molecule has 0 aromatic heterocycles. The summed E-state index contributed by atoms with van der Waals surface area (Å²) < 4.78 is 15.5. The summed E-state index contributed by atoms with van der Waals surface area (Å²) in [5.41, 5.74) is 0.0957. The SMILES string of the molecule is COC(=O)[C@@H]1CCN(C(=O)OCc2ccccc2)[C@@H]1C(=O)OC(C)(C)C. The lowest BCUT2D eigenvalue weighted by Gasteiger charge is -2.28. The molecule has 7 nitrogen and oxygen atoms in total. The molecule has 0 N–H and O–H groups in total. The van der Waals surface area contributed by atoms with Crippen molar-refractivity contribution in [1.29, 1.82) is 0 Å². The summed E-state index contributed by atoms with van der Waals surface area (Å²) in [6, 6.07) is 8.17. The van der Waals surface area contributed by atoms with Crippen LogP contribution in [0, 0.1) is 5.92 Å². The van der Waals surface area contributed by atoms with Gasteiger partial charge in [-0.15, -0.1) is 0 Å². The highest BCUT2D eigenvalue weighted by molar-refractivity contribution is 5.89. The Hall–Kier alpha value is -2.57. The van der Waals surface area contributed by atoms with Gasteiger partial charge >= 0.3 is 18.0 Å². The van der Waals surface area contributed by atoms with E-state index in [0.29, 0.717) is 6.42 Å². The molecule has 1 aromatic carbocycles. The Morgan fingerprint density at radius 1 is 1.12 bits per heavy atom. The predicted octanol–water partition coefficient (Wildman–Crippen LogP) is 2.53. The van der Waals surface area contributed by atoms with Crippen molar-refractivity contribution in [2.75, 3.05) is 13.7 Å². The number of likely N-dealkylation sites (tertiary alicyclic amines) is 1. The first kappa shape index (κ1) is 19.8. The number of rotatable bonds is 4. The van der Waals surface area contributed by atoms with E-state index in [4.69, 9.17) is 14.2 Å². The first-order chi connectivity index (χ1) is 12.2. The first-order valence-electron chi connectivity index (χ1n) is 8.51. The van der Waals surface area contributed by atoms with Crippen LogP contribution in [-0.4, -0.2) is 48.2 Å². The van der Waals surface area contributed by atoms with Gasteiger partial charge in [0.1, 0.15) is 18.2 Å². The number of carbonyl (C=O) groups is 3. The third-order valence-electron chi connectivity index (χ3n) is 3.99. The van der Waals surface area contributed by atoms with E-state index in [0.717, 1.165) is 5.56 Å². The number of methoxy groups -OCH3 is 1. The number of carbonyl (C=O) groups excluding carboxylic acids is 3. The van der Waals surface area contributed by atoms with Crippen LogP contribution in [0.2, 0.25) is 0 Å². The quantitative estimate of drug-likeness (QED) is 0.604. The van der Waals surface area contributed by atoms with Crippen LogP contribution in [0.3, 0.4) is 0 Å². The highest BCUT2D eigenvalue weighted by atomic mass is 16.6. The lowest BCUT2D eigenvalue weighted by atomic mass is 10.0. The van der Waals surface area contributed by atoms with Crippen LogP contribution in [0.25, 0.3) is 0 Å². The van der Waals surface area contributed by atoms with Crippen molar-refractivity contribution in [3.8, 4) is 0 Å². The van der Waals surface area contributed by atoms with Crippen LogP contribution < -0.4 is 0 Å². The van der Waals surface area contributed by atoms with Crippen LogP contribution in [0.1, 0.15) is 32.8 Å². The molecule has 0 bridgehead atoms. The van der Waals surface area contributed by atoms with Gasteiger partial charge in [0.05, 0.1) is 13.0 Å². The van der Waals surface area contributed by atoms with E-state index in [9.17, 15) is 14.4 Å². The zero-order chi connectivity index (χ0) is 19.3. The van der Waals surface area contributed by atoms with E-state index in [1.807, 2.05) is 30.3 Å². The van der Waals surface area contributed by atoms with Gasteiger partial charge in [-0.3, -0.25) is 9.69 Å². The number of ether oxygens (including phenoxy) is 3. The Kier molecular flexibility index (Phi) is 6.23. The van der Waals surface area contributed by atoms with Gasteiger partial charge in [-0.05, 0) is 32.8 Å². The van der Waals surface area contributed by atoms with E-state index in [2.05, 4.69) is 0 Å². The molecule has 2 atom stereocenters. The molecule has 0 spiro atoms. The monoisotopic (exact) mass is 363 g/mol. The highest BCUT2D eigenvalue weighted by Crippen LogP contribution is 2.29. The molecule has 1 aromatic rings. The molecule has 0 aliphatic carbocycles. The lowest BCUT2D eigenvalue weighted by Crippen LogP contribution is -2.48. The summed E-state index contributed by atoms with van der Waals surface area (Å²) in [4.78, 5) is 38.4. The first-order valence-corrected chi connectivity index (χ1v) is 8.51. The van der Waals surface area contributed by atoms with Gasteiger partial charge in [0.25, 0.3) is 0 Å². The van der Waals surface area contributed by atoms with Crippen molar-refractivity contribution >= 4 is 18.0 Å². The smallest absolute Gasteiger partial charge is 0.410 e. The Morgan fingerprint density at radius 2 is 1.77 bits per heavy atom. The number of hydrogen-bond donors (Lipinski definition) is 0. The second-order valence-corrected chi connectivity index (χ2v) is 7.13. The van der Waals surface area contributed by atoms with E-state index in [1.165, 1.54) is 12.0 Å². The fraction of sp³-hybridized carbons (Fsp3) is 0.526. The molecular formula is C19H25NO6. The maximum atomic E-state index is 12.6. The molecule has 142 valence electrons. The third kappa shape index (κ3) is 4.97. The number of amides is 1. The molecule has 0 saturated carbocycles. The second-order valence-electron chi connectivity index (χ2n) is 7.13. The lowest BCUT2D eigenvalue weighted by molar-refractivity contribution is -0.165. The molecule has 7 heteroatoms. The number of nitrogens with zero attached hydrogens (tertiary/aromatic N) is 1. The minimum atomic E-state index is -1.05. The maximum Gasteiger partial charge on any atom is 0.410 e.